The van der Waals surface area contributed by atoms with Crippen molar-refractivity contribution < 1.29 is 0 Å². The van der Waals surface area contributed by atoms with Crippen molar-refractivity contribution in [2.75, 3.05) is 29.5 Å². The smallest absolute Gasteiger partial charge is 0.0568 e. The van der Waals surface area contributed by atoms with Crippen LogP contribution in [0.1, 0.15) is 17.9 Å². The van der Waals surface area contributed by atoms with E-state index in [0.717, 1.165) is 13.1 Å². The van der Waals surface area contributed by atoms with Crippen LogP contribution in [0.15, 0.2) is 48.5 Å². The van der Waals surface area contributed by atoms with Gasteiger partial charge < -0.3 is 16.4 Å². The molecule has 0 aromatic heterocycles. The molecule has 19 heavy (non-hydrogen) atoms. The van der Waals surface area contributed by atoms with E-state index in [1.807, 2.05) is 12.1 Å². The largest absolute Gasteiger partial charge is 0.397 e. The normalized spacial score (nSPS) is 18.7. The number of nitrogens with zero attached hydrogens (tertiary/aromatic N) is 1. The average molecular weight is 253 g/mol. The Hall–Kier alpha value is -2.16. The second kappa shape index (κ2) is 4.84. The zero-order chi connectivity index (χ0) is 13.2. The molecule has 0 amide bonds. The maximum atomic E-state index is 5.88. The quantitative estimate of drug-likeness (QED) is 0.809. The van der Waals surface area contributed by atoms with Gasteiger partial charge in [0.15, 0.2) is 0 Å². The van der Waals surface area contributed by atoms with E-state index < -0.39 is 0 Å². The van der Waals surface area contributed by atoms with E-state index in [1.54, 1.807) is 0 Å². The summed E-state index contributed by atoms with van der Waals surface area (Å²) in [7, 11) is 0. The van der Waals surface area contributed by atoms with Gasteiger partial charge in [0.1, 0.15) is 0 Å². The summed E-state index contributed by atoms with van der Waals surface area (Å²) in [6.45, 7) is 2.12. The van der Waals surface area contributed by atoms with E-state index in [2.05, 4.69) is 41.3 Å². The first-order valence-corrected chi connectivity index (χ1v) is 6.69. The van der Waals surface area contributed by atoms with Crippen LogP contribution in [0.3, 0.4) is 0 Å². The number of benzene rings is 2. The Balaban J connectivity index is 1.77. The molecule has 2 aromatic carbocycles. The third kappa shape index (κ3) is 2.36. The molecule has 4 N–H and O–H groups in total. The van der Waals surface area contributed by atoms with Crippen LogP contribution in [0.5, 0.6) is 0 Å². The van der Waals surface area contributed by atoms with Crippen molar-refractivity contribution >= 4 is 17.1 Å². The van der Waals surface area contributed by atoms with Gasteiger partial charge in [-0.25, -0.2) is 0 Å². The summed E-state index contributed by atoms with van der Waals surface area (Å²) in [5.74, 6) is 0.611. The fraction of sp³-hybridized carbons (Fsp3) is 0.250. The summed E-state index contributed by atoms with van der Waals surface area (Å²) in [6.07, 6.45) is 1.19. The van der Waals surface area contributed by atoms with Gasteiger partial charge >= 0.3 is 0 Å². The molecule has 1 heterocycles. The summed E-state index contributed by atoms with van der Waals surface area (Å²) in [4.78, 5) is 2.38. The average Bonchev–Trinajstić information content (AvgIpc) is 2.93. The third-order valence-corrected chi connectivity index (χ3v) is 3.89. The first kappa shape index (κ1) is 11.9. The number of nitrogens with two attached hydrogens (primary N) is 2. The van der Waals surface area contributed by atoms with Crippen molar-refractivity contribution in [1.82, 2.24) is 0 Å². The SMILES string of the molecule is Nc1ccc(N2CCC(c3ccccc3)C2)cc1N. The van der Waals surface area contributed by atoms with Crippen molar-refractivity contribution in [3.05, 3.63) is 54.1 Å². The fourth-order valence-corrected chi connectivity index (χ4v) is 2.75. The molecule has 3 heteroatoms. The molecule has 0 saturated carbocycles. The van der Waals surface area contributed by atoms with Gasteiger partial charge in [-0.05, 0) is 30.2 Å². The minimum Gasteiger partial charge on any atom is -0.397 e. The van der Waals surface area contributed by atoms with Gasteiger partial charge in [0.05, 0.1) is 11.4 Å². The number of hydrogen-bond acceptors (Lipinski definition) is 3. The van der Waals surface area contributed by atoms with Crippen molar-refractivity contribution in [2.24, 2.45) is 0 Å². The Morgan fingerprint density at radius 3 is 2.47 bits per heavy atom. The zero-order valence-corrected chi connectivity index (χ0v) is 10.9. The van der Waals surface area contributed by atoms with Crippen LogP contribution in [0.4, 0.5) is 17.1 Å². The molecule has 1 fully saturated rings. The lowest BCUT2D eigenvalue weighted by Crippen LogP contribution is -2.19. The molecule has 3 nitrogen and oxygen atoms in total. The summed E-state index contributed by atoms with van der Waals surface area (Å²) in [5, 5.41) is 0. The highest BCUT2D eigenvalue weighted by Crippen LogP contribution is 2.32. The molecule has 1 unspecified atom stereocenters. The Morgan fingerprint density at radius 2 is 1.74 bits per heavy atom. The lowest BCUT2D eigenvalue weighted by molar-refractivity contribution is 0.775. The summed E-state index contributed by atoms with van der Waals surface area (Å²) in [6, 6.07) is 16.6. The van der Waals surface area contributed by atoms with Crippen LogP contribution in [0.2, 0.25) is 0 Å². The van der Waals surface area contributed by atoms with Gasteiger partial charge in [-0.3, -0.25) is 0 Å². The van der Waals surface area contributed by atoms with Crippen molar-refractivity contribution in [2.45, 2.75) is 12.3 Å². The van der Waals surface area contributed by atoms with E-state index in [1.165, 1.54) is 17.7 Å². The van der Waals surface area contributed by atoms with Crippen molar-refractivity contribution in [1.29, 1.82) is 0 Å². The maximum Gasteiger partial charge on any atom is 0.0568 e. The lowest BCUT2D eigenvalue weighted by Gasteiger charge is -2.19. The van der Waals surface area contributed by atoms with Crippen LogP contribution in [0, 0.1) is 0 Å². The standard InChI is InChI=1S/C16H19N3/c17-15-7-6-14(10-16(15)18)19-9-8-13(11-19)12-4-2-1-3-5-12/h1-7,10,13H,8-9,11,17-18H2. The molecule has 1 saturated heterocycles. The predicted molar refractivity (Wildman–Crippen MR) is 81.3 cm³/mol. The molecule has 0 spiro atoms. The molecule has 0 aliphatic carbocycles. The topological polar surface area (TPSA) is 55.3 Å². The monoisotopic (exact) mass is 253 g/mol. The van der Waals surface area contributed by atoms with Crippen LogP contribution >= 0.6 is 0 Å². The molecule has 3 rings (SSSR count). The zero-order valence-electron chi connectivity index (χ0n) is 10.9. The highest BCUT2D eigenvalue weighted by Gasteiger charge is 2.24. The summed E-state index contributed by atoms with van der Waals surface area (Å²) < 4.78 is 0. The van der Waals surface area contributed by atoms with Crippen molar-refractivity contribution in [3.8, 4) is 0 Å². The first-order valence-electron chi connectivity index (χ1n) is 6.69. The van der Waals surface area contributed by atoms with Gasteiger partial charge in [-0.1, -0.05) is 30.3 Å². The Morgan fingerprint density at radius 1 is 0.947 bits per heavy atom. The molecule has 1 aliphatic rings. The molecular weight excluding hydrogens is 234 g/mol. The summed E-state index contributed by atoms with van der Waals surface area (Å²) in [5.41, 5.74) is 15.6. The molecule has 1 aliphatic heterocycles. The summed E-state index contributed by atoms with van der Waals surface area (Å²) >= 11 is 0. The minimum absolute atomic E-state index is 0.611. The minimum atomic E-state index is 0.611. The molecule has 0 bridgehead atoms. The van der Waals surface area contributed by atoms with Gasteiger partial charge in [0.25, 0.3) is 0 Å². The fourth-order valence-electron chi connectivity index (χ4n) is 2.75. The van der Waals surface area contributed by atoms with Gasteiger partial charge in [-0.2, -0.15) is 0 Å². The van der Waals surface area contributed by atoms with Gasteiger partial charge in [0, 0.05) is 24.7 Å². The number of hydrogen-bond donors (Lipinski definition) is 2. The molecule has 1 atom stereocenters. The van der Waals surface area contributed by atoms with Gasteiger partial charge in [0.2, 0.25) is 0 Å². The third-order valence-electron chi connectivity index (χ3n) is 3.89. The second-order valence-electron chi connectivity index (χ2n) is 5.16. The van der Waals surface area contributed by atoms with Crippen LogP contribution in [-0.4, -0.2) is 13.1 Å². The van der Waals surface area contributed by atoms with Crippen molar-refractivity contribution in [3.63, 3.8) is 0 Å². The highest BCUT2D eigenvalue weighted by atomic mass is 15.1. The maximum absolute atomic E-state index is 5.88. The van der Waals surface area contributed by atoms with Crippen LogP contribution < -0.4 is 16.4 Å². The van der Waals surface area contributed by atoms with Gasteiger partial charge in [-0.15, -0.1) is 0 Å². The second-order valence-corrected chi connectivity index (χ2v) is 5.16. The first-order chi connectivity index (χ1) is 9.24. The predicted octanol–water partition coefficient (Wildman–Crippen LogP) is 2.84. The lowest BCUT2D eigenvalue weighted by atomic mass is 9.99. The van der Waals surface area contributed by atoms with Crippen LogP contribution in [0.25, 0.3) is 0 Å². The molecule has 2 aromatic rings. The Bertz CT molecular complexity index is 565. The number of anilines is 3. The number of rotatable bonds is 2. The Labute approximate surface area is 113 Å². The van der Waals surface area contributed by atoms with E-state index >= 15 is 0 Å². The van der Waals surface area contributed by atoms with E-state index in [9.17, 15) is 0 Å². The van der Waals surface area contributed by atoms with E-state index in [4.69, 9.17) is 11.5 Å². The Kier molecular flexibility index (Phi) is 3.03. The molecule has 98 valence electrons. The van der Waals surface area contributed by atoms with E-state index in [-0.39, 0.29) is 0 Å². The van der Waals surface area contributed by atoms with E-state index in [0.29, 0.717) is 17.3 Å². The van der Waals surface area contributed by atoms with Crippen LogP contribution in [-0.2, 0) is 0 Å². The molecule has 0 radical (unpaired) electrons. The molecular formula is C16H19N3. The highest BCUT2D eigenvalue weighted by molar-refractivity contribution is 5.70. The number of nitrogen functional groups attached to an aromatic ring is 2.